The van der Waals surface area contributed by atoms with Crippen molar-refractivity contribution in [2.24, 2.45) is 7.05 Å². The third-order valence-corrected chi connectivity index (χ3v) is 4.91. The second-order valence-electron chi connectivity index (χ2n) is 6.67. The van der Waals surface area contributed by atoms with Crippen molar-refractivity contribution < 1.29 is 4.74 Å². The van der Waals surface area contributed by atoms with Crippen LogP contribution in [-0.4, -0.2) is 9.78 Å². The number of aryl methyl sites for hydroxylation is 1. The zero-order chi connectivity index (χ0) is 19.3. The van der Waals surface area contributed by atoms with E-state index in [-0.39, 0.29) is 0 Å². The van der Waals surface area contributed by atoms with Crippen LogP contribution in [0.4, 0.5) is 0 Å². The maximum atomic E-state index is 6.17. The Hall–Kier alpha value is -3.04. The van der Waals surface area contributed by atoms with Gasteiger partial charge in [0.25, 0.3) is 0 Å². The number of halogens is 1. The van der Waals surface area contributed by atoms with Crippen LogP contribution in [0.3, 0.4) is 0 Å². The third kappa shape index (κ3) is 4.10. The van der Waals surface area contributed by atoms with E-state index in [0.717, 1.165) is 39.0 Å². The number of ether oxygens (including phenoxy) is 1. The quantitative estimate of drug-likeness (QED) is 0.375. The van der Waals surface area contributed by atoms with Crippen LogP contribution in [-0.2, 0) is 19.5 Å². The molecule has 0 unspecified atom stereocenters. The van der Waals surface area contributed by atoms with Crippen LogP contribution in [0.2, 0.25) is 0 Å². The summed E-state index contributed by atoms with van der Waals surface area (Å²) in [6.45, 7) is 0.540. The number of aromatic nitrogens is 2. The Morgan fingerprint density at radius 1 is 0.964 bits per heavy atom. The van der Waals surface area contributed by atoms with Crippen LogP contribution in [0, 0.1) is 0 Å². The van der Waals surface area contributed by atoms with Gasteiger partial charge in [0.2, 0.25) is 0 Å². The molecular formula is C24H21ClN2O. The average molecular weight is 389 g/mol. The lowest BCUT2D eigenvalue weighted by atomic mass is 10.1. The fourth-order valence-corrected chi connectivity index (χ4v) is 3.33. The van der Waals surface area contributed by atoms with Crippen LogP contribution in [0.15, 0.2) is 72.8 Å². The van der Waals surface area contributed by atoms with Gasteiger partial charge in [-0.2, -0.15) is 5.10 Å². The summed E-state index contributed by atoms with van der Waals surface area (Å²) in [4.78, 5) is 0. The van der Waals surface area contributed by atoms with Crippen molar-refractivity contribution in [3.8, 4) is 5.75 Å². The number of rotatable bonds is 6. The molecule has 4 rings (SSSR count). The van der Waals surface area contributed by atoms with Gasteiger partial charge in [-0.1, -0.05) is 60.7 Å². The summed E-state index contributed by atoms with van der Waals surface area (Å²) in [5.41, 5.74) is 4.11. The molecule has 0 saturated carbocycles. The number of fused-ring (bicyclic) bond motifs is 1. The molecule has 0 saturated heterocycles. The van der Waals surface area contributed by atoms with E-state index in [2.05, 4.69) is 47.6 Å². The topological polar surface area (TPSA) is 27.1 Å². The van der Waals surface area contributed by atoms with Gasteiger partial charge < -0.3 is 4.74 Å². The molecule has 0 spiro atoms. The van der Waals surface area contributed by atoms with Crippen molar-refractivity contribution in [1.82, 2.24) is 9.78 Å². The molecule has 1 heterocycles. The Labute approximate surface area is 169 Å². The minimum Gasteiger partial charge on any atom is -0.488 e. The molecule has 4 heteroatoms. The third-order valence-electron chi connectivity index (χ3n) is 4.63. The summed E-state index contributed by atoms with van der Waals surface area (Å²) in [7, 11) is 1.92. The van der Waals surface area contributed by atoms with Crippen molar-refractivity contribution in [2.45, 2.75) is 12.5 Å². The minimum atomic E-state index is 0.412. The van der Waals surface area contributed by atoms with Gasteiger partial charge in [0.15, 0.2) is 0 Å². The van der Waals surface area contributed by atoms with Crippen molar-refractivity contribution >= 4 is 34.5 Å². The van der Waals surface area contributed by atoms with Crippen molar-refractivity contribution in [1.29, 1.82) is 0 Å². The molecule has 0 N–H and O–H groups in total. The number of hydrogen-bond donors (Lipinski definition) is 0. The second kappa shape index (κ2) is 8.32. The number of hydrogen-bond acceptors (Lipinski definition) is 2. The monoisotopic (exact) mass is 388 g/mol. The van der Waals surface area contributed by atoms with Gasteiger partial charge in [-0.05, 0) is 40.8 Å². The van der Waals surface area contributed by atoms with Gasteiger partial charge in [-0.25, -0.2) is 0 Å². The first-order valence-electron chi connectivity index (χ1n) is 9.19. The first-order valence-corrected chi connectivity index (χ1v) is 9.73. The molecule has 28 heavy (non-hydrogen) atoms. The van der Waals surface area contributed by atoms with Crippen molar-refractivity contribution in [3.05, 3.63) is 95.3 Å². The number of alkyl halides is 1. The lowest BCUT2D eigenvalue weighted by molar-refractivity contribution is 0.310. The second-order valence-corrected chi connectivity index (χ2v) is 6.93. The summed E-state index contributed by atoms with van der Waals surface area (Å²) < 4.78 is 8.01. The largest absolute Gasteiger partial charge is 0.488 e. The van der Waals surface area contributed by atoms with E-state index >= 15 is 0 Å². The summed E-state index contributed by atoms with van der Waals surface area (Å²) in [5, 5.41) is 6.64. The van der Waals surface area contributed by atoms with Crippen molar-refractivity contribution in [3.63, 3.8) is 0 Å². The molecule has 0 amide bonds. The summed E-state index contributed by atoms with van der Waals surface area (Å²) in [6, 6.07) is 24.7. The smallest absolute Gasteiger partial charge is 0.128 e. The SMILES string of the molecule is Cn1nc(CCl)cc1C=Cc1cc(OCc2ccccc2)c2ccccc2c1. The van der Waals surface area contributed by atoms with E-state index in [9.17, 15) is 0 Å². The first-order chi connectivity index (χ1) is 13.7. The highest BCUT2D eigenvalue weighted by Gasteiger charge is 2.06. The molecule has 0 atom stereocenters. The Morgan fingerprint density at radius 3 is 2.54 bits per heavy atom. The van der Waals surface area contributed by atoms with E-state index in [0.29, 0.717) is 12.5 Å². The van der Waals surface area contributed by atoms with Gasteiger partial charge in [0, 0.05) is 12.4 Å². The normalized spacial score (nSPS) is 11.4. The van der Waals surface area contributed by atoms with Crippen LogP contribution in [0.1, 0.15) is 22.5 Å². The number of nitrogens with zero attached hydrogens (tertiary/aromatic N) is 2. The summed E-state index contributed by atoms with van der Waals surface area (Å²) in [6.07, 6.45) is 4.13. The highest BCUT2D eigenvalue weighted by Crippen LogP contribution is 2.29. The molecule has 0 fully saturated rings. The average Bonchev–Trinajstić information content (AvgIpc) is 3.11. The molecule has 0 bridgehead atoms. The van der Waals surface area contributed by atoms with Gasteiger partial charge in [-0.15, -0.1) is 11.6 Å². The Balaban J connectivity index is 1.65. The Bertz CT molecular complexity index is 1120. The number of benzene rings is 3. The Kier molecular flexibility index (Phi) is 5.45. The fraction of sp³-hybridized carbons (Fsp3) is 0.125. The molecule has 1 aromatic heterocycles. The van der Waals surface area contributed by atoms with Gasteiger partial charge in [0.05, 0.1) is 17.3 Å². The first kappa shape index (κ1) is 18.3. The van der Waals surface area contributed by atoms with Crippen LogP contribution in [0.25, 0.3) is 22.9 Å². The van der Waals surface area contributed by atoms with Crippen LogP contribution in [0.5, 0.6) is 5.75 Å². The van der Waals surface area contributed by atoms with E-state index in [1.54, 1.807) is 0 Å². The molecule has 3 aromatic carbocycles. The predicted molar refractivity (Wildman–Crippen MR) is 116 cm³/mol. The summed E-state index contributed by atoms with van der Waals surface area (Å²) >= 11 is 5.88. The standard InChI is InChI=1S/C24H21ClN2O/c1-27-22(15-21(16-25)26-27)12-11-19-13-20-9-5-6-10-23(20)24(14-19)28-17-18-7-3-2-4-8-18/h2-15H,16-17H2,1H3. The predicted octanol–water partition coefficient (Wildman–Crippen LogP) is 6.06. The fourth-order valence-electron chi connectivity index (χ4n) is 3.19. The molecule has 0 aliphatic heterocycles. The molecule has 0 aliphatic carbocycles. The molecule has 4 aromatic rings. The molecular weight excluding hydrogens is 368 g/mol. The van der Waals surface area contributed by atoms with Crippen LogP contribution >= 0.6 is 11.6 Å². The lowest BCUT2D eigenvalue weighted by Crippen LogP contribution is -1.96. The molecule has 140 valence electrons. The van der Waals surface area contributed by atoms with Gasteiger partial charge in [-0.3, -0.25) is 4.68 Å². The van der Waals surface area contributed by atoms with Crippen LogP contribution < -0.4 is 4.74 Å². The zero-order valence-electron chi connectivity index (χ0n) is 15.7. The maximum Gasteiger partial charge on any atom is 0.128 e. The van der Waals surface area contributed by atoms with Gasteiger partial charge >= 0.3 is 0 Å². The molecule has 0 aliphatic rings. The van der Waals surface area contributed by atoms with E-state index in [1.807, 2.05) is 54.2 Å². The minimum absolute atomic E-state index is 0.412. The molecule has 3 nitrogen and oxygen atoms in total. The maximum absolute atomic E-state index is 6.17. The van der Waals surface area contributed by atoms with E-state index in [4.69, 9.17) is 16.3 Å². The Morgan fingerprint density at radius 2 is 1.75 bits per heavy atom. The van der Waals surface area contributed by atoms with Gasteiger partial charge in [0.1, 0.15) is 12.4 Å². The highest BCUT2D eigenvalue weighted by atomic mass is 35.5. The van der Waals surface area contributed by atoms with Crippen molar-refractivity contribution in [2.75, 3.05) is 0 Å². The highest BCUT2D eigenvalue weighted by molar-refractivity contribution is 6.16. The lowest BCUT2D eigenvalue weighted by Gasteiger charge is -2.11. The van der Waals surface area contributed by atoms with E-state index < -0.39 is 0 Å². The summed E-state index contributed by atoms with van der Waals surface area (Å²) in [5.74, 6) is 1.29. The zero-order valence-corrected chi connectivity index (χ0v) is 16.4. The molecule has 0 radical (unpaired) electrons. The van der Waals surface area contributed by atoms with E-state index in [1.165, 1.54) is 0 Å².